The van der Waals surface area contributed by atoms with Crippen LogP contribution in [0.5, 0.6) is 11.5 Å². The number of anilines is 1. The van der Waals surface area contributed by atoms with Crippen LogP contribution >= 0.6 is 28.1 Å². The van der Waals surface area contributed by atoms with Gasteiger partial charge in [-0.15, -0.1) is 0 Å². The third-order valence-electron chi connectivity index (χ3n) is 3.31. The normalized spacial score (nSPS) is 12.1. The van der Waals surface area contributed by atoms with Crippen LogP contribution in [0.4, 0.5) is 5.69 Å². The molecule has 0 unspecified atom stereocenters. The number of thiocarbonyl (C=S) groups is 1. The van der Waals surface area contributed by atoms with Crippen LogP contribution < -0.4 is 20.1 Å². The SMILES string of the molecule is Cc1cc(NC(=S)NCc2ccc3c(c2)OCO3)ccc1Br. The molecule has 1 aliphatic heterocycles. The van der Waals surface area contributed by atoms with Crippen LogP contribution in [0.1, 0.15) is 11.1 Å². The van der Waals surface area contributed by atoms with Crippen molar-refractivity contribution in [2.75, 3.05) is 12.1 Å². The van der Waals surface area contributed by atoms with Gasteiger partial charge in [0.15, 0.2) is 16.6 Å². The number of nitrogens with one attached hydrogen (secondary N) is 2. The van der Waals surface area contributed by atoms with E-state index in [1.165, 1.54) is 0 Å². The molecule has 0 saturated heterocycles. The minimum Gasteiger partial charge on any atom is -0.454 e. The third-order valence-corrected chi connectivity index (χ3v) is 4.44. The molecule has 22 heavy (non-hydrogen) atoms. The lowest BCUT2D eigenvalue weighted by Crippen LogP contribution is -2.27. The van der Waals surface area contributed by atoms with E-state index in [2.05, 4.69) is 26.6 Å². The molecule has 6 heteroatoms. The van der Waals surface area contributed by atoms with Crippen LogP contribution in [0.25, 0.3) is 0 Å². The second-order valence-electron chi connectivity index (χ2n) is 4.96. The lowest BCUT2D eigenvalue weighted by molar-refractivity contribution is 0.174. The van der Waals surface area contributed by atoms with Crippen LogP contribution in [0, 0.1) is 6.92 Å². The number of ether oxygens (including phenoxy) is 2. The van der Waals surface area contributed by atoms with Gasteiger partial charge in [-0.2, -0.15) is 0 Å². The van der Waals surface area contributed by atoms with Crippen LogP contribution in [0.15, 0.2) is 40.9 Å². The average Bonchev–Trinajstić information content (AvgIpc) is 2.96. The van der Waals surface area contributed by atoms with E-state index in [1.807, 2.05) is 43.3 Å². The maximum absolute atomic E-state index is 5.36. The third kappa shape index (κ3) is 3.51. The van der Waals surface area contributed by atoms with Crippen LogP contribution in [0.2, 0.25) is 0 Å². The maximum atomic E-state index is 5.36. The first-order valence-corrected chi connectivity index (χ1v) is 8.01. The van der Waals surface area contributed by atoms with E-state index in [1.54, 1.807) is 0 Å². The smallest absolute Gasteiger partial charge is 0.231 e. The first-order chi connectivity index (χ1) is 10.6. The summed E-state index contributed by atoms with van der Waals surface area (Å²) < 4.78 is 11.7. The fourth-order valence-corrected chi connectivity index (χ4v) is 2.57. The molecule has 4 nitrogen and oxygen atoms in total. The van der Waals surface area contributed by atoms with Crippen LogP contribution in [-0.2, 0) is 6.54 Å². The van der Waals surface area contributed by atoms with E-state index in [0.29, 0.717) is 11.7 Å². The fraction of sp³-hybridized carbons (Fsp3) is 0.188. The molecule has 0 bridgehead atoms. The molecular weight excluding hydrogens is 364 g/mol. The van der Waals surface area contributed by atoms with Gasteiger partial charge >= 0.3 is 0 Å². The van der Waals surface area contributed by atoms with Gasteiger partial charge in [0.25, 0.3) is 0 Å². The van der Waals surface area contributed by atoms with Crippen molar-refractivity contribution in [3.63, 3.8) is 0 Å². The molecule has 0 radical (unpaired) electrons. The largest absolute Gasteiger partial charge is 0.454 e. The van der Waals surface area contributed by atoms with Gasteiger partial charge < -0.3 is 20.1 Å². The van der Waals surface area contributed by atoms with Crippen molar-refractivity contribution >= 4 is 38.9 Å². The second kappa shape index (κ2) is 6.54. The number of rotatable bonds is 3. The zero-order valence-electron chi connectivity index (χ0n) is 12.0. The quantitative estimate of drug-likeness (QED) is 0.790. The van der Waals surface area contributed by atoms with E-state index in [-0.39, 0.29) is 6.79 Å². The van der Waals surface area contributed by atoms with Gasteiger partial charge in [-0.1, -0.05) is 22.0 Å². The molecule has 0 saturated carbocycles. The number of hydrogen-bond donors (Lipinski definition) is 2. The molecule has 0 fully saturated rings. The summed E-state index contributed by atoms with van der Waals surface area (Å²) in [5.41, 5.74) is 3.20. The standard InChI is InChI=1S/C16H15BrN2O2S/c1-10-6-12(3-4-13(10)17)19-16(22)18-8-11-2-5-14-15(7-11)21-9-20-14/h2-7H,8-9H2,1H3,(H2,18,19,22). The van der Waals surface area contributed by atoms with Crippen molar-refractivity contribution < 1.29 is 9.47 Å². The van der Waals surface area contributed by atoms with Crippen molar-refractivity contribution in [1.82, 2.24) is 5.32 Å². The van der Waals surface area contributed by atoms with E-state index in [0.717, 1.165) is 32.8 Å². The molecule has 0 atom stereocenters. The highest BCUT2D eigenvalue weighted by Gasteiger charge is 2.13. The Morgan fingerprint density at radius 3 is 2.82 bits per heavy atom. The predicted octanol–water partition coefficient (Wildman–Crippen LogP) is 3.97. The summed E-state index contributed by atoms with van der Waals surface area (Å²) >= 11 is 8.80. The molecule has 0 aromatic heterocycles. The van der Waals surface area contributed by atoms with Gasteiger partial charge in [-0.3, -0.25) is 0 Å². The van der Waals surface area contributed by atoms with Crippen molar-refractivity contribution in [1.29, 1.82) is 0 Å². The summed E-state index contributed by atoms with van der Waals surface area (Å²) in [4.78, 5) is 0. The first-order valence-electron chi connectivity index (χ1n) is 6.81. The van der Waals surface area contributed by atoms with E-state index in [4.69, 9.17) is 21.7 Å². The van der Waals surface area contributed by atoms with Crippen molar-refractivity contribution in [2.45, 2.75) is 13.5 Å². The summed E-state index contributed by atoms with van der Waals surface area (Å²) in [5.74, 6) is 1.57. The van der Waals surface area contributed by atoms with E-state index < -0.39 is 0 Å². The van der Waals surface area contributed by atoms with Gasteiger partial charge in [-0.05, 0) is 60.6 Å². The molecule has 0 aliphatic carbocycles. The number of halogens is 1. The van der Waals surface area contributed by atoms with Crippen molar-refractivity contribution in [2.24, 2.45) is 0 Å². The summed E-state index contributed by atoms with van der Waals surface area (Å²) in [6, 6.07) is 11.9. The zero-order valence-corrected chi connectivity index (χ0v) is 14.4. The Hall–Kier alpha value is -1.79. The Morgan fingerprint density at radius 2 is 2.00 bits per heavy atom. The Bertz CT molecular complexity index is 721. The highest BCUT2D eigenvalue weighted by atomic mass is 79.9. The number of aryl methyl sites for hydroxylation is 1. The zero-order chi connectivity index (χ0) is 15.5. The molecule has 2 aromatic rings. The summed E-state index contributed by atoms with van der Waals surface area (Å²) in [6.07, 6.45) is 0. The Morgan fingerprint density at radius 1 is 1.18 bits per heavy atom. The molecule has 0 spiro atoms. The molecule has 0 amide bonds. The van der Waals surface area contributed by atoms with Crippen LogP contribution in [0.3, 0.4) is 0 Å². The number of fused-ring (bicyclic) bond motifs is 1. The molecule has 3 rings (SSSR count). The Kier molecular flexibility index (Phi) is 4.49. The topological polar surface area (TPSA) is 42.5 Å². The average molecular weight is 379 g/mol. The molecular formula is C16H15BrN2O2S. The Labute approximate surface area is 142 Å². The van der Waals surface area contributed by atoms with Gasteiger partial charge in [0.05, 0.1) is 0 Å². The molecule has 2 aromatic carbocycles. The fourth-order valence-electron chi connectivity index (χ4n) is 2.13. The summed E-state index contributed by atoms with van der Waals surface area (Å²) in [6.45, 7) is 2.95. The molecule has 2 N–H and O–H groups in total. The lowest BCUT2D eigenvalue weighted by Gasteiger charge is -2.12. The summed E-state index contributed by atoms with van der Waals surface area (Å²) in [5, 5.41) is 6.94. The highest BCUT2D eigenvalue weighted by Crippen LogP contribution is 2.32. The van der Waals surface area contributed by atoms with Gasteiger partial charge in [0.1, 0.15) is 0 Å². The first kappa shape index (κ1) is 15.1. The minimum atomic E-state index is 0.287. The van der Waals surface area contributed by atoms with Gasteiger partial charge in [0.2, 0.25) is 6.79 Å². The number of hydrogen-bond acceptors (Lipinski definition) is 3. The monoisotopic (exact) mass is 378 g/mol. The minimum absolute atomic E-state index is 0.287. The van der Waals surface area contributed by atoms with Gasteiger partial charge in [-0.25, -0.2) is 0 Å². The van der Waals surface area contributed by atoms with Crippen LogP contribution in [-0.4, -0.2) is 11.9 Å². The molecule has 1 aliphatic rings. The summed E-state index contributed by atoms with van der Waals surface area (Å²) in [7, 11) is 0. The van der Waals surface area contributed by atoms with Crippen molar-refractivity contribution in [3.8, 4) is 11.5 Å². The Balaban J connectivity index is 1.57. The second-order valence-corrected chi connectivity index (χ2v) is 6.22. The van der Waals surface area contributed by atoms with Gasteiger partial charge in [0, 0.05) is 16.7 Å². The van der Waals surface area contributed by atoms with E-state index in [9.17, 15) is 0 Å². The molecule has 114 valence electrons. The highest BCUT2D eigenvalue weighted by molar-refractivity contribution is 9.10. The van der Waals surface area contributed by atoms with Crippen molar-refractivity contribution in [3.05, 3.63) is 52.0 Å². The maximum Gasteiger partial charge on any atom is 0.231 e. The number of benzene rings is 2. The lowest BCUT2D eigenvalue weighted by atomic mass is 10.2. The predicted molar refractivity (Wildman–Crippen MR) is 94.5 cm³/mol. The van der Waals surface area contributed by atoms with E-state index >= 15 is 0 Å². The molecule has 1 heterocycles.